The van der Waals surface area contributed by atoms with Gasteiger partial charge in [0, 0.05) is 30.1 Å². The zero-order chi connectivity index (χ0) is 12.1. The SMILES string of the molecule is CCC(NCC1COCC1NC)c1nccs1. The largest absolute Gasteiger partial charge is 0.379 e. The normalized spacial score (nSPS) is 26.2. The van der Waals surface area contributed by atoms with Crippen molar-refractivity contribution >= 4 is 11.3 Å². The van der Waals surface area contributed by atoms with Crippen molar-refractivity contribution in [2.75, 3.05) is 26.8 Å². The van der Waals surface area contributed by atoms with Crippen molar-refractivity contribution in [3.63, 3.8) is 0 Å². The minimum atomic E-state index is 0.383. The van der Waals surface area contributed by atoms with E-state index in [1.165, 1.54) is 5.01 Å². The second kappa shape index (κ2) is 6.44. The number of rotatable bonds is 6. The molecule has 3 atom stereocenters. The van der Waals surface area contributed by atoms with Crippen LogP contribution in [0.15, 0.2) is 11.6 Å². The molecule has 1 fully saturated rings. The lowest BCUT2D eigenvalue weighted by Crippen LogP contribution is -2.39. The third-order valence-corrected chi connectivity index (χ3v) is 4.24. The molecule has 0 aromatic carbocycles. The summed E-state index contributed by atoms with van der Waals surface area (Å²) >= 11 is 1.72. The monoisotopic (exact) mass is 255 g/mol. The average molecular weight is 255 g/mol. The van der Waals surface area contributed by atoms with Crippen LogP contribution < -0.4 is 10.6 Å². The van der Waals surface area contributed by atoms with E-state index in [9.17, 15) is 0 Å². The molecule has 0 spiro atoms. The van der Waals surface area contributed by atoms with Crippen molar-refractivity contribution in [1.29, 1.82) is 0 Å². The fraction of sp³-hybridized carbons (Fsp3) is 0.750. The first-order valence-electron chi connectivity index (χ1n) is 6.23. The molecule has 1 saturated heterocycles. The molecule has 1 aliphatic heterocycles. The first-order valence-corrected chi connectivity index (χ1v) is 7.10. The van der Waals surface area contributed by atoms with Crippen LogP contribution in [0.5, 0.6) is 0 Å². The Bertz CT molecular complexity index is 318. The van der Waals surface area contributed by atoms with Crippen LogP contribution in [-0.4, -0.2) is 37.8 Å². The highest BCUT2D eigenvalue weighted by molar-refractivity contribution is 7.09. The molecule has 2 rings (SSSR count). The third-order valence-electron chi connectivity index (χ3n) is 3.35. The molecule has 2 N–H and O–H groups in total. The van der Waals surface area contributed by atoms with Crippen LogP contribution in [0.1, 0.15) is 24.4 Å². The van der Waals surface area contributed by atoms with Crippen molar-refractivity contribution in [2.45, 2.75) is 25.4 Å². The van der Waals surface area contributed by atoms with Gasteiger partial charge in [-0.15, -0.1) is 11.3 Å². The van der Waals surface area contributed by atoms with Gasteiger partial charge >= 0.3 is 0 Å². The average Bonchev–Trinajstić information content (AvgIpc) is 2.99. The third kappa shape index (κ3) is 3.25. The molecule has 1 aromatic heterocycles. The molecule has 96 valence electrons. The van der Waals surface area contributed by atoms with Gasteiger partial charge in [0.15, 0.2) is 0 Å². The summed E-state index contributed by atoms with van der Waals surface area (Å²) in [5.41, 5.74) is 0. The van der Waals surface area contributed by atoms with Crippen molar-refractivity contribution in [3.05, 3.63) is 16.6 Å². The summed E-state index contributed by atoms with van der Waals surface area (Å²) in [5, 5.41) is 10.1. The quantitative estimate of drug-likeness (QED) is 0.807. The van der Waals surface area contributed by atoms with Gasteiger partial charge in [0.1, 0.15) is 5.01 Å². The number of aromatic nitrogens is 1. The van der Waals surface area contributed by atoms with Crippen LogP contribution in [0.3, 0.4) is 0 Å². The Morgan fingerprint density at radius 3 is 3.12 bits per heavy atom. The van der Waals surface area contributed by atoms with E-state index in [-0.39, 0.29) is 0 Å². The molecular formula is C12H21N3OS. The van der Waals surface area contributed by atoms with Crippen LogP contribution in [-0.2, 0) is 4.74 Å². The maximum absolute atomic E-state index is 5.50. The van der Waals surface area contributed by atoms with E-state index >= 15 is 0 Å². The number of likely N-dealkylation sites (N-methyl/N-ethyl adjacent to an activating group) is 1. The second-order valence-electron chi connectivity index (χ2n) is 4.43. The summed E-state index contributed by atoms with van der Waals surface area (Å²) in [4.78, 5) is 4.38. The van der Waals surface area contributed by atoms with E-state index in [2.05, 4.69) is 22.5 Å². The highest BCUT2D eigenvalue weighted by Crippen LogP contribution is 2.20. The van der Waals surface area contributed by atoms with Gasteiger partial charge in [0.25, 0.3) is 0 Å². The number of nitrogens with one attached hydrogen (secondary N) is 2. The van der Waals surface area contributed by atoms with Crippen molar-refractivity contribution in [1.82, 2.24) is 15.6 Å². The van der Waals surface area contributed by atoms with Gasteiger partial charge in [0.2, 0.25) is 0 Å². The van der Waals surface area contributed by atoms with Crippen molar-refractivity contribution < 1.29 is 4.74 Å². The van der Waals surface area contributed by atoms with Gasteiger partial charge in [-0.05, 0) is 13.5 Å². The van der Waals surface area contributed by atoms with Crippen LogP contribution in [0, 0.1) is 5.92 Å². The minimum absolute atomic E-state index is 0.383. The smallest absolute Gasteiger partial charge is 0.109 e. The van der Waals surface area contributed by atoms with Crippen LogP contribution in [0.2, 0.25) is 0 Å². The summed E-state index contributed by atoms with van der Waals surface area (Å²) in [6.45, 7) is 4.87. The first-order chi connectivity index (χ1) is 8.35. The Labute approximate surface area is 107 Å². The molecule has 0 bridgehead atoms. The first kappa shape index (κ1) is 13.0. The summed E-state index contributed by atoms with van der Waals surface area (Å²) in [6, 6.07) is 0.865. The summed E-state index contributed by atoms with van der Waals surface area (Å²) in [7, 11) is 2.00. The molecule has 0 radical (unpaired) electrons. The Morgan fingerprint density at radius 2 is 2.47 bits per heavy atom. The number of thiazole rings is 1. The summed E-state index contributed by atoms with van der Waals surface area (Å²) in [6.07, 6.45) is 2.95. The second-order valence-corrected chi connectivity index (χ2v) is 5.36. The van der Waals surface area contributed by atoms with Gasteiger partial charge in [-0.2, -0.15) is 0 Å². The lowest BCUT2D eigenvalue weighted by atomic mass is 10.0. The molecule has 2 heterocycles. The van der Waals surface area contributed by atoms with E-state index in [1.54, 1.807) is 11.3 Å². The standard InChI is InChI=1S/C12H21N3OS/c1-3-10(12-14-4-5-17-12)15-6-9-7-16-8-11(9)13-2/h4-5,9-11,13,15H,3,6-8H2,1-2H3. The predicted molar refractivity (Wildman–Crippen MR) is 70.3 cm³/mol. The van der Waals surface area contributed by atoms with E-state index in [1.807, 2.05) is 18.6 Å². The Kier molecular flexibility index (Phi) is 4.91. The Morgan fingerprint density at radius 1 is 1.59 bits per heavy atom. The van der Waals surface area contributed by atoms with Gasteiger partial charge in [-0.1, -0.05) is 6.92 Å². The highest BCUT2D eigenvalue weighted by atomic mass is 32.1. The van der Waals surface area contributed by atoms with Crippen LogP contribution in [0.25, 0.3) is 0 Å². The predicted octanol–water partition coefficient (Wildman–Crippen LogP) is 1.42. The van der Waals surface area contributed by atoms with E-state index in [4.69, 9.17) is 4.74 Å². The van der Waals surface area contributed by atoms with Crippen LogP contribution >= 0.6 is 11.3 Å². The van der Waals surface area contributed by atoms with E-state index in [0.29, 0.717) is 18.0 Å². The molecule has 0 aliphatic carbocycles. The van der Waals surface area contributed by atoms with Crippen molar-refractivity contribution in [3.8, 4) is 0 Å². The van der Waals surface area contributed by atoms with Crippen LogP contribution in [0.4, 0.5) is 0 Å². The van der Waals surface area contributed by atoms with Gasteiger partial charge < -0.3 is 15.4 Å². The molecule has 17 heavy (non-hydrogen) atoms. The maximum Gasteiger partial charge on any atom is 0.109 e. The topological polar surface area (TPSA) is 46.2 Å². The van der Waals surface area contributed by atoms with Gasteiger partial charge in [0.05, 0.1) is 19.3 Å². The molecule has 1 aromatic rings. The zero-order valence-corrected chi connectivity index (χ0v) is 11.3. The molecule has 1 aliphatic rings. The Hall–Kier alpha value is -0.490. The zero-order valence-electron chi connectivity index (χ0n) is 10.5. The van der Waals surface area contributed by atoms with Gasteiger partial charge in [-0.25, -0.2) is 4.98 Å². The maximum atomic E-state index is 5.50. The molecule has 5 heteroatoms. The number of hydrogen-bond acceptors (Lipinski definition) is 5. The van der Waals surface area contributed by atoms with E-state index in [0.717, 1.165) is 26.2 Å². The fourth-order valence-electron chi connectivity index (χ4n) is 2.23. The molecule has 0 saturated carbocycles. The summed E-state index contributed by atoms with van der Waals surface area (Å²) in [5.74, 6) is 0.564. The minimum Gasteiger partial charge on any atom is -0.379 e. The molecule has 0 amide bonds. The lowest BCUT2D eigenvalue weighted by molar-refractivity contribution is 0.182. The van der Waals surface area contributed by atoms with Gasteiger partial charge in [-0.3, -0.25) is 0 Å². The number of nitrogens with zero attached hydrogens (tertiary/aromatic N) is 1. The number of hydrogen-bond donors (Lipinski definition) is 2. The molecular weight excluding hydrogens is 234 g/mol. The Balaban J connectivity index is 1.84. The van der Waals surface area contributed by atoms with E-state index < -0.39 is 0 Å². The fourth-order valence-corrected chi connectivity index (χ4v) is 3.02. The van der Waals surface area contributed by atoms with Crippen molar-refractivity contribution in [2.24, 2.45) is 5.92 Å². The highest BCUT2D eigenvalue weighted by Gasteiger charge is 2.27. The molecule has 3 unspecified atom stereocenters. The number of ether oxygens (including phenoxy) is 1. The summed E-state index contributed by atoms with van der Waals surface area (Å²) < 4.78 is 5.50. The lowest BCUT2D eigenvalue weighted by Gasteiger charge is -2.21. The molecule has 4 nitrogen and oxygen atoms in total.